The van der Waals surface area contributed by atoms with Gasteiger partial charge in [-0.2, -0.15) is 0 Å². The molecule has 2 aromatic rings. The van der Waals surface area contributed by atoms with Gasteiger partial charge in [0.2, 0.25) is 17.7 Å². The third-order valence-electron chi connectivity index (χ3n) is 7.07. The van der Waals surface area contributed by atoms with E-state index < -0.39 is 12.1 Å². The van der Waals surface area contributed by atoms with Crippen molar-refractivity contribution in [3.05, 3.63) is 71.8 Å². The highest BCUT2D eigenvalue weighted by atomic mass is 16.2. The number of hydrogen-bond acceptors (Lipinski definition) is 4. The number of amides is 3. The maximum Gasteiger partial charge on any atom is 0.245 e. The van der Waals surface area contributed by atoms with Crippen LogP contribution in [-0.4, -0.2) is 65.3 Å². The summed E-state index contributed by atoms with van der Waals surface area (Å²) in [5.41, 5.74) is 8.06. The Morgan fingerprint density at radius 3 is 2.14 bits per heavy atom. The number of carbonyl (C=O) groups is 3. The zero-order chi connectivity index (χ0) is 26.8. The fourth-order valence-corrected chi connectivity index (χ4v) is 4.83. The van der Waals surface area contributed by atoms with E-state index in [-0.39, 0.29) is 29.7 Å². The molecule has 3 atom stereocenters. The molecule has 1 aliphatic rings. The molecule has 0 saturated carbocycles. The Balaban J connectivity index is 1.71. The monoisotopic (exact) mass is 506 g/mol. The number of rotatable bonds is 12. The lowest BCUT2D eigenvalue weighted by atomic mass is 10.0. The molecule has 200 valence electrons. The number of nitrogens with two attached hydrogens (primary N) is 1. The van der Waals surface area contributed by atoms with Crippen molar-refractivity contribution in [3.8, 4) is 0 Å². The first kappa shape index (κ1) is 28.4. The molecule has 7 nitrogen and oxygen atoms in total. The predicted octanol–water partition coefficient (Wildman–Crippen LogP) is 3.17. The highest BCUT2D eigenvalue weighted by molar-refractivity contribution is 5.90. The van der Waals surface area contributed by atoms with E-state index in [1.165, 1.54) is 5.56 Å². The van der Waals surface area contributed by atoms with Crippen molar-refractivity contribution in [2.45, 2.75) is 71.0 Å². The summed E-state index contributed by atoms with van der Waals surface area (Å²) in [4.78, 5) is 43.0. The minimum atomic E-state index is -0.681. The Kier molecular flexibility index (Phi) is 10.7. The average molecular weight is 507 g/mol. The Labute approximate surface area is 221 Å². The molecule has 1 fully saturated rings. The SMILES string of the molecule is CC(C)[C@H](NC(=O)[C@H](C)N)C(=O)N1CCC[C@H]1CN(CCc1ccccc1)C(=O)CCc1ccccc1. The van der Waals surface area contributed by atoms with E-state index in [9.17, 15) is 14.4 Å². The van der Waals surface area contributed by atoms with Gasteiger partial charge in [0.1, 0.15) is 6.04 Å². The van der Waals surface area contributed by atoms with Gasteiger partial charge in [0.05, 0.1) is 6.04 Å². The first-order chi connectivity index (χ1) is 17.8. The Morgan fingerprint density at radius 2 is 1.57 bits per heavy atom. The summed E-state index contributed by atoms with van der Waals surface area (Å²) >= 11 is 0. The Hall–Kier alpha value is -3.19. The zero-order valence-electron chi connectivity index (χ0n) is 22.4. The summed E-state index contributed by atoms with van der Waals surface area (Å²) in [6.07, 6.45) is 3.60. The molecule has 0 unspecified atom stereocenters. The first-order valence-corrected chi connectivity index (χ1v) is 13.5. The average Bonchev–Trinajstić information content (AvgIpc) is 3.36. The van der Waals surface area contributed by atoms with Gasteiger partial charge in [-0.05, 0) is 49.7 Å². The van der Waals surface area contributed by atoms with E-state index in [0.717, 1.165) is 24.8 Å². The number of aryl methyl sites for hydroxylation is 1. The van der Waals surface area contributed by atoms with Crippen LogP contribution >= 0.6 is 0 Å². The highest BCUT2D eigenvalue weighted by Crippen LogP contribution is 2.22. The van der Waals surface area contributed by atoms with Gasteiger partial charge < -0.3 is 20.9 Å². The van der Waals surface area contributed by atoms with Crippen molar-refractivity contribution >= 4 is 17.7 Å². The molecular formula is C30H42N4O3. The van der Waals surface area contributed by atoms with Crippen LogP contribution in [0.5, 0.6) is 0 Å². The van der Waals surface area contributed by atoms with Gasteiger partial charge in [0.15, 0.2) is 0 Å². The van der Waals surface area contributed by atoms with Crippen LogP contribution < -0.4 is 11.1 Å². The lowest BCUT2D eigenvalue weighted by molar-refractivity contribution is -0.140. The molecule has 0 aromatic heterocycles. The number of nitrogens with zero attached hydrogens (tertiary/aromatic N) is 2. The third-order valence-corrected chi connectivity index (χ3v) is 7.07. The van der Waals surface area contributed by atoms with Crippen molar-refractivity contribution < 1.29 is 14.4 Å². The number of carbonyl (C=O) groups excluding carboxylic acids is 3. The quantitative estimate of drug-likeness (QED) is 0.462. The second kappa shape index (κ2) is 13.9. The van der Waals surface area contributed by atoms with E-state index in [0.29, 0.717) is 32.5 Å². The smallest absolute Gasteiger partial charge is 0.245 e. The van der Waals surface area contributed by atoms with E-state index in [4.69, 9.17) is 5.73 Å². The van der Waals surface area contributed by atoms with Gasteiger partial charge in [-0.1, -0.05) is 74.5 Å². The lowest BCUT2D eigenvalue weighted by Gasteiger charge is -2.34. The number of hydrogen-bond donors (Lipinski definition) is 2. The zero-order valence-corrected chi connectivity index (χ0v) is 22.4. The second-order valence-corrected chi connectivity index (χ2v) is 10.4. The van der Waals surface area contributed by atoms with Gasteiger partial charge >= 0.3 is 0 Å². The summed E-state index contributed by atoms with van der Waals surface area (Å²) in [5, 5.41) is 2.84. The maximum absolute atomic E-state index is 13.6. The van der Waals surface area contributed by atoms with Gasteiger partial charge in [-0.3, -0.25) is 14.4 Å². The topological polar surface area (TPSA) is 95.7 Å². The minimum absolute atomic E-state index is 0.0712. The van der Waals surface area contributed by atoms with E-state index in [2.05, 4.69) is 17.4 Å². The summed E-state index contributed by atoms with van der Waals surface area (Å²) in [5.74, 6) is -0.391. The largest absolute Gasteiger partial charge is 0.343 e. The highest BCUT2D eigenvalue weighted by Gasteiger charge is 2.36. The molecule has 0 radical (unpaired) electrons. The minimum Gasteiger partial charge on any atom is -0.343 e. The fourth-order valence-electron chi connectivity index (χ4n) is 4.83. The van der Waals surface area contributed by atoms with Crippen molar-refractivity contribution in [3.63, 3.8) is 0 Å². The molecule has 3 rings (SSSR count). The van der Waals surface area contributed by atoms with E-state index >= 15 is 0 Å². The van der Waals surface area contributed by atoms with Crippen molar-refractivity contribution in [2.24, 2.45) is 11.7 Å². The van der Waals surface area contributed by atoms with Crippen LogP contribution in [0.1, 0.15) is 51.2 Å². The van der Waals surface area contributed by atoms with Crippen molar-refractivity contribution in [1.29, 1.82) is 0 Å². The molecule has 0 aliphatic carbocycles. The van der Waals surface area contributed by atoms with Crippen molar-refractivity contribution in [1.82, 2.24) is 15.1 Å². The van der Waals surface area contributed by atoms with Crippen LogP contribution in [0, 0.1) is 5.92 Å². The first-order valence-electron chi connectivity index (χ1n) is 13.5. The van der Waals surface area contributed by atoms with Crippen LogP contribution in [0.15, 0.2) is 60.7 Å². The number of likely N-dealkylation sites (tertiary alicyclic amines) is 1. The summed E-state index contributed by atoms with van der Waals surface area (Å²) in [6, 6.07) is 18.8. The standard InChI is InChI=1S/C30H42N4O3/c1-22(2)28(32-29(36)23(3)31)30(37)34-19-10-15-26(34)21-33(20-18-25-13-8-5-9-14-25)27(35)17-16-24-11-6-4-7-12-24/h4-9,11-14,22-23,26,28H,10,15-21,31H2,1-3H3,(H,32,36)/t23-,26-,28-/m0/s1. The number of benzene rings is 2. The predicted molar refractivity (Wildman–Crippen MR) is 147 cm³/mol. The van der Waals surface area contributed by atoms with Crippen LogP contribution in [0.2, 0.25) is 0 Å². The van der Waals surface area contributed by atoms with Crippen molar-refractivity contribution in [2.75, 3.05) is 19.6 Å². The molecule has 37 heavy (non-hydrogen) atoms. The number of nitrogens with one attached hydrogen (secondary N) is 1. The third kappa shape index (κ3) is 8.42. The molecule has 0 spiro atoms. The fraction of sp³-hybridized carbons (Fsp3) is 0.500. The summed E-state index contributed by atoms with van der Waals surface area (Å²) in [6.45, 7) is 7.19. The van der Waals surface area contributed by atoms with Gasteiger partial charge in [-0.25, -0.2) is 0 Å². The second-order valence-electron chi connectivity index (χ2n) is 10.4. The van der Waals surface area contributed by atoms with Crippen LogP contribution in [0.25, 0.3) is 0 Å². The van der Waals surface area contributed by atoms with Crippen LogP contribution in [-0.2, 0) is 27.2 Å². The molecule has 3 N–H and O–H groups in total. The molecule has 1 heterocycles. The molecular weight excluding hydrogens is 464 g/mol. The molecule has 2 aromatic carbocycles. The summed E-state index contributed by atoms with van der Waals surface area (Å²) < 4.78 is 0. The summed E-state index contributed by atoms with van der Waals surface area (Å²) in [7, 11) is 0. The van der Waals surface area contributed by atoms with Crippen LogP contribution in [0.3, 0.4) is 0 Å². The van der Waals surface area contributed by atoms with E-state index in [1.54, 1.807) is 6.92 Å². The molecule has 0 bridgehead atoms. The van der Waals surface area contributed by atoms with Gasteiger partial charge in [0.25, 0.3) is 0 Å². The van der Waals surface area contributed by atoms with Crippen LogP contribution in [0.4, 0.5) is 0 Å². The molecule has 1 aliphatic heterocycles. The Bertz CT molecular complexity index is 1010. The van der Waals surface area contributed by atoms with Gasteiger partial charge in [0, 0.05) is 32.1 Å². The van der Waals surface area contributed by atoms with E-state index in [1.807, 2.05) is 72.2 Å². The van der Waals surface area contributed by atoms with Gasteiger partial charge in [-0.15, -0.1) is 0 Å². The molecule has 7 heteroatoms. The molecule has 3 amide bonds. The normalized spacial score (nSPS) is 16.9. The lowest BCUT2D eigenvalue weighted by Crippen LogP contribution is -2.56. The molecule has 1 saturated heterocycles. The Morgan fingerprint density at radius 1 is 0.973 bits per heavy atom. The maximum atomic E-state index is 13.6.